The van der Waals surface area contributed by atoms with Crippen LogP contribution in [-0.2, 0) is 6.61 Å². The van der Waals surface area contributed by atoms with Crippen LogP contribution in [0.15, 0.2) is 6.07 Å². The molecule has 3 nitrogen and oxygen atoms in total. The van der Waals surface area contributed by atoms with Gasteiger partial charge in [0.05, 0.1) is 18.0 Å². The number of aromatic nitrogens is 1. The van der Waals surface area contributed by atoms with Gasteiger partial charge in [-0.05, 0) is 28.7 Å². The molecule has 0 unspecified atom stereocenters. The molecule has 0 bridgehead atoms. The van der Waals surface area contributed by atoms with Gasteiger partial charge in [-0.1, -0.05) is 0 Å². The van der Waals surface area contributed by atoms with E-state index < -0.39 is 13.0 Å². The van der Waals surface area contributed by atoms with E-state index in [9.17, 15) is 8.78 Å². The largest absolute Gasteiger partial charge is 0.397 e. The number of halogens is 3. The Morgan fingerprint density at radius 1 is 1.62 bits per heavy atom. The first kappa shape index (κ1) is 10.6. The summed E-state index contributed by atoms with van der Waals surface area (Å²) in [5.74, 6) is 0. The van der Waals surface area contributed by atoms with Gasteiger partial charge in [0.15, 0.2) is 0 Å². The van der Waals surface area contributed by atoms with E-state index in [1.165, 1.54) is 0 Å². The predicted molar refractivity (Wildman–Crippen MR) is 52.2 cm³/mol. The van der Waals surface area contributed by atoms with Crippen LogP contribution in [0.1, 0.15) is 17.7 Å². The minimum Gasteiger partial charge on any atom is -0.397 e. The highest BCUT2D eigenvalue weighted by atomic mass is 127. The molecule has 3 N–H and O–H groups in total. The third-order valence-electron chi connectivity index (χ3n) is 1.50. The summed E-state index contributed by atoms with van der Waals surface area (Å²) >= 11 is 1.82. The molecule has 0 spiro atoms. The second kappa shape index (κ2) is 4.14. The number of nitrogens with two attached hydrogens (primary N) is 1. The number of anilines is 1. The fourth-order valence-electron chi connectivity index (χ4n) is 0.874. The monoisotopic (exact) mass is 300 g/mol. The second-order valence-corrected chi connectivity index (χ2v) is 3.38. The number of aliphatic hydroxyl groups excluding tert-OH is 1. The average Bonchev–Trinajstić information content (AvgIpc) is 2.08. The Morgan fingerprint density at radius 3 is 2.69 bits per heavy atom. The van der Waals surface area contributed by atoms with E-state index in [-0.39, 0.29) is 16.9 Å². The zero-order valence-electron chi connectivity index (χ0n) is 6.47. The maximum Gasteiger partial charge on any atom is 0.265 e. The van der Waals surface area contributed by atoms with Gasteiger partial charge >= 0.3 is 0 Å². The average molecular weight is 300 g/mol. The van der Waals surface area contributed by atoms with Crippen LogP contribution in [0, 0.1) is 3.70 Å². The SMILES string of the molecule is Nc1cc(C(F)F)c(CO)nc1I. The Labute approximate surface area is 87.1 Å². The number of nitrogen functional groups attached to an aromatic ring is 1. The molecule has 0 fully saturated rings. The molecule has 0 amide bonds. The standard InChI is InChI=1S/C7H7F2IN2O/c8-6(9)3-1-4(11)7(10)12-5(3)2-13/h1,6,13H,2,11H2. The first-order valence-electron chi connectivity index (χ1n) is 3.40. The summed E-state index contributed by atoms with van der Waals surface area (Å²) in [6, 6.07) is 1.14. The van der Waals surface area contributed by atoms with Crippen LogP contribution in [0.3, 0.4) is 0 Å². The molecule has 1 rings (SSSR count). The molecule has 1 aromatic rings. The molecule has 0 radical (unpaired) electrons. The minimum absolute atomic E-state index is 0.0198. The number of nitrogens with zero attached hydrogens (tertiary/aromatic N) is 1. The highest BCUT2D eigenvalue weighted by Gasteiger charge is 2.15. The zero-order valence-corrected chi connectivity index (χ0v) is 8.62. The van der Waals surface area contributed by atoms with Crippen molar-refractivity contribution in [3.63, 3.8) is 0 Å². The third-order valence-corrected chi connectivity index (χ3v) is 2.36. The molecular formula is C7H7F2IN2O. The van der Waals surface area contributed by atoms with Crippen molar-refractivity contribution in [1.82, 2.24) is 4.98 Å². The van der Waals surface area contributed by atoms with Crippen LogP contribution >= 0.6 is 22.6 Å². The number of aliphatic hydroxyl groups is 1. The minimum atomic E-state index is -2.66. The lowest BCUT2D eigenvalue weighted by atomic mass is 10.2. The van der Waals surface area contributed by atoms with Gasteiger partial charge in [0.2, 0.25) is 0 Å². The highest BCUT2D eigenvalue weighted by molar-refractivity contribution is 14.1. The van der Waals surface area contributed by atoms with Crippen molar-refractivity contribution in [3.05, 3.63) is 21.0 Å². The molecule has 0 saturated carbocycles. The summed E-state index contributed by atoms with van der Waals surface area (Å²) < 4.78 is 25.1. The van der Waals surface area contributed by atoms with E-state index in [0.717, 1.165) is 6.07 Å². The fourth-order valence-corrected chi connectivity index (χ4v) is 1.32. The summed E-state index contributed by atoms with van der Waals surface area (Å²) in [5, 5.41) is 8.74. The van der Waals surface area contributed by atoms with E-state index in [0.29, 0.717) is 3.70 Å². The summed E-state index contributed by atoms with van der Waals surface area (Å²) in [4.78, 5) is 3.74. The lowest BCUT2D eigenvalue weighted by Crippen LogP contribution is -2.03. The molecule has 0 aromatic carbocycles. The van der Waals surface area contributed by atoms with E-state index in [4.69, 9.17) is 10.8 Å². The Kier molecular flexibility index (Phi) is 3.37. The predicted octanol–water partition coefficient (Wildman–Crippen LogP) is 1.70. The molecule has 0 saturated heterocycles. The van der Waals surface area contributed by atoms with Gasteiger partial charge in [-0.3, -0.25) is 0 Å². The van der Waals surface area contributed by atoms with Crippen LogP contribution in [0.4, 0.5) is 14.5 Å². The Morgan fingerprint density at radius 2 is 2.23 bits per heavy atom. The van der Waals surface area contributed by atoms with Crippen LogP contribution in [0.2, 0.25) is 0 Å². The van der Waals surface area contributed by atoms with Crippen molar-refractivity contribution >= 4 is 28.3 Å². The van der Waals surface area contributed by atoms with Gasteiger partial charge < -0.3 is 10.8 Å². The molecule has 72 valence electrons. The maximum absolute atomic E-state index is 12.3. The van der Waals surface area contributed by atoms with Crippen molar-refractivity contribution in [2.45, 2.75) is 13.0 Å². The molecule has 0 atom stereocenters. The van der Waals surface area contributed by atoms with E-state index >= 15 is 0 Å². The van der Waals surface area contributed by atoms with Crippen molar-refractivity contribution < 1.29 is 13.9 Å². The van der Waals surface area contributed by atoms with E-state index in [1.54, 1.807) is 0 Å². The van der Waals surface area contributed by atoms with Crippen molar-refractivity contribution in [2.24, 2.45) is 0 Å². The van der Waals surface area contributed by atoms with Gasteiger partial charge in [-0.2, -0.15) is 0 Å². The molecule has 13 heavy (non-hydrogen) atoms. The number of hydrogen-bond acceptors (Lipinski definition) is 3. The first-order chi connectivity index (χ1) is 6.06. The molecule has 6 heteroatoms. The molecule has 0 aliphatic heterocycles. The quantitative estimate of drug-likeness (QED) is 0.645. The topological polar surface area (TPSA) is 59.1 Å². The number of alkyl halides is 2. The van der Waals surface area contributed by atoms with Crippen molar-refractivity contribution in [2.75, 3.05) is 5.73 Å². The van der Waals surface area contributed by atoms with Gasteiger partial charge in [-0.15, -0.1) is 0 Å². The molecule has 0 aliphatic carbocycles. The summed E-state index contributed by atoms with van der Waals surface area (Å²) in [5.41, 5.74) is 5.27. The smallest absolute Gasteiger partial charge is 0.265 e. The summed E-state index contributed by atoms with van der Waals surface area (Å²) in [6.45, 7) is -0.504. The number of rotatable bonds is 2. The van der Waals surface area contributed by atoms with E-state index in [1.807, 2.05) is 22.6 Å². The maximum atomic E-state index is 12.3. The van der Waals surface area contributed by atoms with Crippen molar-refractivity contribution in [1.29, 1.82) is 0 Å². The zero-order chi connectivity index (χ0) is 10.0. The number of hydrogen-bond donors (Lipinski definition) is 2. The summed E-state index contributed by atoms with van der Waals surface area (Å²) in [7, 11) is 0. The van der Waals surface area contributed by atoms with Crippen LogP contribution in [0.5, 0.6) is 0 Å². The van der Waals surface area contributed by atoms with Gasteiger partial charge in [0.25, 0.3) is 6.43 Å². The van der Waals surface area contributed by atoms with Gasteiger partial charge in [0, 0.05) is 5.56 Å². The molecule has 1 heterocycles. The Hall–Kier alpha value is -0.500. The highest BCUT2D eigenvalue weighted by Crippen LogP contribution is 2.26. The lowest BCUT2D eigenvalue weighted by molar-refractivity contribution is 0.146. The Balaban J connectivity index is 3.25. The van der Waals surface area contributed by atoms with Crippen LogP contribution in [0.25, 0.3) is 0 Å². The molecule has 0 aliphatic rings. The molecular weight excluding hydrogens is 293 g/mol. The normalized spacial score (nSPS) is 10.8. The van der Waals surface area contributed by atoms with Crippen LogP contribution in [-0.4, -0.2) is 10.1 Å². The van der Waals surface area contributed by atoms with E-state index in [2.05, 4.69) is 4.98 Å². The van der Waals surface area contributed by atoms with Crippen molar-refractivity contribution in [3.8, 4) is 0 Å². The van der Waals surface area contributed by atoms with Gasteiger partial charge in [0.1, 0.15) is 3.70 Å². The number of pyridine rings is 1. The Bertz CT molecular complexity index is 320. The van der Waals surface area contributed by atoms with Gasteiger partial charge in [-0.25, -0.2) is 13.8 Å². The second-order valence-electron chi connectivity index (χ2n) is 2.36. The molecule has 1 aromatic heterocycles. The van der Waals surface area contributed by atoms with Crippen LogP contribution < -0.4 is 5.73 Å². The lowest BCUT2D eigenvalue weighted by Gasteiger charge is -2.07. The fraction of sp³-hybridized carbons (Fsp3) is 0.286. The summed E-state index contributed by atoms with van der Waals surface area (Å²) in [6.07, 6.45) is -2.66. The first-order valence-corrected chi connectivity index (χ1v) is 4.48. The third kappa shape index (κ3) is 2.25.